The number of nitrogens with zero attached hydrogens (tertiary/aromatic N) is 2. The molecular weight excluding hydrogens is 327 g/mol. The molecule has 0 unspecified atom stereocenters. The van der Waals surface area contributed by atoms with E-state index in [1.54, 1.807) is 12.1 Å². The van der Waals surface area contributed by atoms with Gasteiger partial charge in [-0.2, -0.15) is 0 Å². The van der Waals surface area contributed by atoms with Crippen molar-refractivity contribution in [2.45, 2.75) is 6.42 Å². The zero-order chi connectivity index (χ0) is 17.8. The van der Waals surface area contributed by atoms with Crippen molar-refractivity contribution in [3.05, 3.63) is 90.5 Å². The maximum atomic E-state index is 13.8. The van der Waals surface area contributed by atoms with Crippen molar-refractivity contribution in [2.24, 2.45) is 0 Å². The second-order valence-corrected chi connectivity index (χ2v) is 5.98. The van der Waals surface area contributed by atoms with Crippen LogP contribution < -0.4 is 4.74 Å². The van der Waals surface area contributed by atoms with Crippen molar-refractivity contribution in [1.29, 1.82) is 0 Å². The predicted molar refractivity (Wildman–Crippen MR) is 101 cm³/mol. The minimum Gasteiger partial charge on any atom is -0.477 e. The van der Waals surface area contributed by atoms with E-state index in [-0.39, 0.29) is 11.3 Å². The van der Waals surface area contributed by atoms with Gasteiger partial charge in [0.15, 0.2) is 0 Å². The van der Waals surface area contributed by atoms with Crippen molar-refractivity contribution in [1.82, 2.24) is 9.97 Å². The Balaban J connectivity index is 1.43. The third kappa shape index (κ3) is 3.40. The topological polar surface area (TPSA) is 35.0 Å². The third-order valence-electron chi connectivity index (χ3n) is 4.27. The number of rotatable bonds is 5. The molecule has 0 atom stereocenters. The van der Waals surface area contributed by atoms with Gasteiger partial charge in [-0.15, -0.1) is 0 Å². The highest BCUT2D eigenvalue weighted by Gasteiger charge is 2.08. The molecule has 0 N–H and O–H groups in total. The number of aromatic nitrogens is 2. The van der Waals surface area contributed by atoms with Gasteiger partial charge in [0, 0.05) is 6.42 Å². The summed E-state index contributed by atoms with van der Waals surface area (Å²) in [6.45, 7) is 0.466. The Kier molecular flexibility index (Phi) is 4.56. The molecular formula is C22H17FN2O. The van der Waals surface area contributed by atoms with Crippen LogP contribution in [0.25, 0.3) is 22.0 Å². The lowest BCUT2D eigenvalue weighted by Crippen LogP contribution is -2.04. The lowest BCUT2D eigenvalue weighted by Gasteiger charge is -2.08. The van der Waals surface area contributed by atoms with Crippen LogP contribution in [0.5, 0.6) is 5.88 Å². The van der Waals surface area contributed by atoms with Gasteiger partial charge in [-0.3, -0.25) is 0 Å². The summed E-state index contributed by atoms with van der Waals surface area (Å²) in [6, 6.07) is 23.5. The van der Waals surface area contributed by atoms with Crippen LogP contribution >= 0.6 is 0 Å². The molecule has 1 heterocycles. The van der Waals surface area contributed by atoms with E-state index in [1.165, 1.54) is 29.1 Å². The van der Waals surface area contributed by atoms with Crippen LogP contribution in [-0.2, 0) is 6.42 Å². The van der Waals surface area contributed by atoms with E-state index < -0.39 is 0 Å². The highest BCUT2D eigenvalue weighted by Crippen LogP contribution is 2.23. The third-order valence-corrected chi connectivity index (χ3v) is 4.27. The van der Waals surface area contributed by atoms with Gasteiger partial charge in [-0.05, 0) is 28.8 Å². The highest BCUT2D eigenvalue weighted by atomic mass is 19.1. The van der Waals surface area contributed by atoms with Gasteiger partial charge in [0.2, 0.25) is 5.88 Å². The summed E-state index contributed by atoms with van der Waals surface area (Å²) in [6.07, 6.45) is 2.07. The normalized spacial score (nSPS) is 10.8. The first-order valence-corrected chi connectivity index (χ1v) is 8.48. The Hall–Kier alpha value is -3.27. The summed E-state index contributed by atoms with van der Waals surface area (Å²) in [4.78, 5) is 8.11. The van der Waals surface area contributed by atoms with Crippen molar-refractivity contribution in [3.8, 4) is 17.0 Å². The fourth-order valence-electron chi connectivity index (χ4n) is 2.90. The van der Waals surface area contributed by atoms with Crippen LogP contribution in [0.1, 0.15) is 5.56 Å². The fourth-order valence-corrected chi connectivity index (χ4v) is 2.90. The molecule has 26 heavy (non-hydrogen) atoms. The Morgan fingerprint density at radius 3 is 2.35 bits per heavy atom. The molecule has 4 aromatic rings. The van der Waals surface area contributed by atoms with E-state index in [1.807, 2.05) is 18.2 Å². The molecule has 0 saturated carbocycles. The quantitative estimate of drug-likeness (QED) is 0.508. The van der Waals surface area contributed by atoms with Crippen LogP contribution in [0.15, 0.2) is 79.1 Å². The second kappa shape index (κ2) is 7.31. The van der Waals surface area contributed by atoms with Crippen molar-refractivity contribution in [2.75, 3.05) is 6.61 Å². The van der Waals surface area contributed by atoms with Crippen molar-refractivity contribution in [3.63, 3.8) is 0 Å². The lowest BCUT2D eigenvalue weighted by molar-refractivity contribution is 0.313. The van der Waals surface area contributed by atoms with Crippen LogP contribution in [0.4, 0.5) is 4.39 Å². The molecule has 128 valence electrons. The van der Waals surface area contributed by atoms with E-state index in [2.05, 4.69) is 46.4 Å². The molecule has 0 saturated heterocycles. The van der Waals surface area contributed by atoms with Gasteiger partial charge >= 0.3 is 0 Å². The van der Waals surface area contributed by atoms with Gasteiger partial charge in [-0.25, -0.2) is 14.4 Å². The van der Waals surface area contributed by atoms with Gasteiger partial charge < -0.3 is 4.74 Å². The maximum absolute atomic E-state index is 13.8. The monoisotopic (exact) mass is 344 g/mol. The largest absolute Gasteiger partial charge is 0.477 e. The average molecular weight is 344 g/mol. The maximum Gasteiger partial charge on any atom is 0.224 e. The number of hydrogen-bond donors (Lipinski definition) is 0. The van der Waals surface area contributed by atoms with Crippen LogP contribution in [0.2, 0.25) is 0 Å². The number of benzene rings is 3. The van der Waals surface area contributed by atoms with Gasteiger partial charge in [0.25, 0.3) is 0 Å². The lowest BCUT2D eigenvalue weighted by atomic mass is 10.0. The molecule has 3 aromatic carbocycles. The molecule has 0 amide bonds. The average Bonchev–Trinajstić information content (AvgIpc) is 2.70. The summed E-state index contributed by atoms with van der Waals surface area (Å²) in [5, 5.41) is 0.590. The summed E-state index contributed by atoms with van der Waals surface area (Å²) in [5.74, 6) is 0.0432. The molecule has 0 aliphatic rings. The molecule has 4 heteroatoms. The summed E-state index contributed by atoms with van der Waals surface area (Å²) < 4.78 is 19.6. The summed E-state index contributed by atoms with van der Waals surface area (Å²) >= 11 is 0. The number of para-hydroxylation sites is 1. The Morgan fingerprint density at radius 1 is 0.769 bits per heavy atom. The number of ether oxygens (including phenoxy) is 1. The number of halogens is 1. The zero-order valence-corrected chi connectivity index (χ0v) is 14.1. The van der Waals surface area contributed by atoms with Gasteiger partial charge in [0.1, 0.15) is 17.7 Å². The molecule has 0 spiro atoms. The first-order chi connectivity index (χ1) is 12.8. The molecule has 3 nitrogen and oxygen atoms in total. The molecule has 0 fully saturated rings. The Morgan fingerprint density at radius 2 is 1.54 bits per heavy atom. The summed E-state index contributed by atoms with van der Waals surface area (Å²) in [7, 11) is 0. The van der Waals surface area contributed by atoms with E-state index in [0.717, 1.165) is 6.42 Å². The molecule has 0 aliphatic carbocycles. The van der Waals surface area contributed by atoms with E-state index in [4.69, 9.17) is 4.74 Å². The van der Waals surface area contributed by atoms with Crippen LogP contribution in [0.3, 0.4) is 0 Å². The first kappa shape index (κ1) is 16.2. The first-order valence-electron chi connectivity index (χ1n) is 8.48. The summed E-state index contributed by atoms with van der Waals surface area (Å²) in [5.41, 5.74) is 3.84. The number of hydrogen-bond acceptors (Lipinski definition) is 3. The predicted octanol–water partition coefficient (Wildman–Crippen LogP) is 5.06. The smallest absolute Gasteiger partial charge is 0.224 e. The van der Waals surface area contributed by atoms with Gasteiger partial charge in [-0.1, -0.05) is 60.7 Å². The van der Waals surface area contributed by atoms with Crippen molar-refractivity contribution < 1.29 is 9.13 Å². The molecule has 0 bridgehead atoms. The SMILES string of the molecule is Fc1cccc2c(OCCc3ccc(-c4ccccc4)cc3)ncnc12. The highest BCUT2D eigenvalue weighted by molar-refractivity contribution is 5.83. The minimum atomic E-state index is -0.369. The van der Waals surface area contributed by atoms with E-state index in [9.17, 15) is 4.39 Å². The van der Waals surface area contributed by atoms with E-state index in [0.29, 0.717) is 17.9 Å². The molecule has 0 aliphatic heterocycles. The Bertz CT molecular complexity index is 1020. The molecule has 1 aromatic heterocycles. The minimum absolute atomic E-state index is 0.282. The van der Waals surface area contributed by atoms with Gasteiger partial charge in [0.05, 0.1) is 12.0 Å². The van der Waals surface area contributed by atoms with Crippen molar-refractivity contribution >= 4 is 10.9 Å². The molecule has 0 radical (unpaired) electrons. The van der Waals surface area contributed by atoms with Crippen LogP contribution in [0, 0.1) is 5.82 Å². The number of fused-ring (bicyclic) bond motifs is 1. The zero-order valence-electron chi connectivity index (χ0n) is 14.1. The molecule has 4 rings (SSSR count). The fraction of sp³-hybridized carbons (Fsp3) is 0.0909. The Labute approximate surface area is 151 Å². The van der Waals surface area contributed by atoms with E-state index >= 15 is 0 Å². The second-order valence-electron chi connectivity index (χ2n) is 5.98. The van der Waals surface area contributed by atoms with Crippen LogP contribution in [-0.4, -0.2) is 16.6 Å². The standard InChI is InChI=1S/C22H17FN2O/c23-20-8-4-7-19-21(20)24-15-25-22(19)26-14-13-16-9-11-18(12-10-16)17-5-2-1-3-6-17/h1-12,15H,13-14H2.